The van der Waals surface area contributed by atoms with Gasteiger partial charge in [-0.1, -0.05) is 60.7 Å². The van der Waals surface area contributed by atoms with Crippen molar-refractivity contribution in [2.45, 2.75) is 25.9 Å². The number of hydrogen-bond acceptors (Lipinski definition) is 5. The van der Waals surface area contributed by atoms with Crippen LogP contribution in [0.4, 0.5) is 5.69 Å². The highest BCUT2D eigenvalue weighted by Gasteiger charge is 2.32. The molecule has 0 saturated heterocycles. The average Bonchev–Trinajstić information content (AvgIpc) is 2.89. The fourth-order valence-electron chi connectivity index (χ4n) is 4.13. The number of nitrogens with zero attached hydrogens (tertiary/aromatic N) is 2. The molecule has 0 saturated carbocycles. The summed E-state index contributed by atoms with van der Waals surface area (Å²) in [6.07, 6.45) is 1.33. The fraction of sp³-hybridized carbons (Fsp3) is 0.286. The van der Waals surface area contributed by atoms with Crippen molar-refractivity contribution in [3.63, 3.8) is 0 Å². The predicted molar refractivity (Wildman–Crippen MR) is 145 cm³/mol. The van der Waals surface area contributed by atoms with Gasteiger partial charge in [0.05, 0.1) is 19.1 Å². The zero-order valence-electron chi connectivity index (χ0n) is 21.5. The van der Waals surface area contributed by atoms with E-state index in [0.29, 0.717) is 17.0 Å². The number of methoxy groups -OCH3 is 1. The van der Waals surface area contributed by atoms with Gasteiger partial charge in [0, 0.05) is 20.0 Å². The summed E-state index contributed by atoms with van der Waals surface area (Å²) in [5, 5.41) is 2.66. The van der Waals surface area contributed by atoms with E-state index in [1.54, 1.807) is 56.5 Å². The van der Waals surface area contributed by atoms with Crippen LogP contribution in [0, 0.1) is 6.92 Å². The summed E-state index contributed by atoms with van der Waals surface area (Å²) in [7, 11) is -0.727. The molecular formula is C28H33N3O5S. The molecule has 196 valence electrons. The maximum absolute atomic E-state index is 13.9. The largest absolute Gasteiger partial charge is 0.497 e. The maximum Gasteiger partial charge on any atom is 0.244 e. The zero-order chi connectivity index (χ0) is 27.0. The summed E-state index contributed by atoms with van der Waals surface area (Å²) in [4.78, 5) is 28.5. The smallest absolute Gasteiger partial charge is 0.244 e. The first kappa shape index (κ1) is 27.7. The Labute approximate surface area is 218 Å². The zero-order valence-corrected chi connectivity index (χ0v) is 22.4. The van der Waals surface area contributed by atoms with Gasteiger partial charge in [0.15, 0.2) is 0 Å². The van der Waals surface area contributed by atoms with Gasteiger partial charge >= 0.3 is 0 Å². The van der Waals surface area contributed by atoms with Crippen molar-refractivity contribution in [3.05, 3.63) is 95.6 Å². The van der Waals surface area contributed by atoms with Gasteiger partial charge in [-0.15, -0.1) is 0 Å². The number of carbonyl (C=O) groups excluding carboxylic acids is 2. The van der Waals surface area contributed by atoms with Crippen LogP contribution < -0.4 is 14.4 Å². The van der Waals surface area contributed by atoms with E-state index in [2.05, 4.69) is 5.32 Å². The van der Waals surface area contributed by atoms with E-state index in [9.17, 15) is 18.0 Å². The normalized spacial score (nSPS) is 11.9. The molecule has 0 aliphatic rings. The average molecular weight is 524 g/mol. The van der Waals surface area contributed by atoms with E-state index >= 15 is 0 Å². The third-order valence-electron chi connectivity index (χ3n) is 6.07. The molecule has 8 nitrogen and oxygen atoms in total. The number of amides is 2. The third kappa shape index (κ3) is 7.33. The number of hydrogen-bond donors (Lipinski definition) is 1. The van der Waals surface area contributed by atoms with Gasteiger partial charge in [0.25, 0.3) is 0 Å². The Hall–Kier alpha value is -3.85. The first-order chi connectivity index (χ1) is 17.6. The highest BCUT2D eigenvalue weighted by atomic mass is 32.2. The van der Waals surface area contributed by atoms with Crippen LogP contribution >= 0.6 is 0 Å². The molecule has 0 bridgehead atoms. The summed E-state index contributed by atoms with van der Waals surface area (Å²) in [5.41, 5.74) is 2.75. The van der Waals surface area contributed by atoms with E-state index in [-0.39, 0.29) is 18.9 Å². The monoisotopic (exact) mass is 523 g/mol. The molecule has 3 aromatic carbocycles. The summed E-state index contributed by atoms with van der Waals surface area (Å²) >= 11 is 0. The number of benzene rings is 3. The molecule has 2 amide bonds. The molecule has 0 radical (unpaired) electrons. The number of rotatable bonds is 11. The van der Waals surface area contributed by atoms with Crippen molar-refractivity contribution in [2.75, 3.05) is 31.3 Å². The minimum atomic E-state index is -3.80. The highest BCUT2D eigenvalue weighted by molar-refractivity contribution is 7.92. The third-order valence-corrected chi connectivity index (χ3v) is 7.19. The lowest BCUT2D eigenvalue weighted by Crippen LogP contribution is -2.53. The standard InChI is InChI=1S/C28H33N3O5S/c1-21-11-8-9-16-25(21)31(37(4,34)35)20-27(32)30(19-23-14-10-15-24(17-23)36-3)26(28(33)29-2)18-22-12-6-5-7-13-22/h5-17,26H,18-20H2,1-4H3,(H,29,33)/t26-/m1/s1. The van der Waals surface area contributed by atoms with E-state index in [0.717, 1.165) is 21.7 Å². The lowest BCUT2D eigenvalue weighted by Gasteiger charge is -2.33. The molecule has 0 fully saturated rings. The molecule has 37 heavy (non-hydrogen) atoms. The molecule has 0 unspecified atom stereocenters. The van der Waals surface area contributed by atoms with Gasteiger partial charge in [-0.25, -0.2) is 8.42 Å². The minimum absolute atomic E-state index is 0.0896. The van der Waals surface area contributed by atoms with E-state index in [1.807, 2.05) is 36.4 Å². The molecule has 0 aromatic heterocycles. The fourth-order valence-corrected chi connectivity index (χ4v) is 5.03. The Morgan fingerprint density at radius 3 is 2.22 bits per heavy atom. The van der Waals surface area contributed by atoms with Gasteiger partial charge < -0.3 is 15.0 Å². The van der Waals surface area contributed by atoms with E-state index < -0.39 is 28.5 Å². The quantitative estimate of drug-likeness (QED) is 0.417. The molecule has 0 aliphatic carbocycles. The SMILES string of the molecule is CNC(=O)[C@@H](Cc1ccccc1)N(Cc1cccc(OC)c1)C(=O)CN(c1ccccc1C)S(C)(=O)=O. The number of carbonyl (C=O) groups is 2. The van der Waals surface area contributed by atoms with Gasteiger partial charge in [-0.05, 0) is 41.8 Å². The Kier molecular flexibility index (Phi) is 9.30. The Bertz CT molecular complexity index is 1330. The van der Waals surface area contributed by atoms with Crippen LogP contribution in [0.1, 0.15) is 16.7 Å². The second-order valence-corrected chi connectivity index (χ2v) is 10.7. The lowest BCUT2D eigenvalue weighted by atomic mass is 10.0. The molecule has 3 aromatic rings. The van der Waals surface area contributed by atoms with Crippen molar-refractivity contribution in [2.24, 2.45) is 0 Å². The Morgan fingerprint density at radius 2 is 1.59 bits per heavy atom. The van der Waals surface area contributed by atoms with Crippen molar-refractivity contribution in [1.82, 2.24) is 10.2 Å². The number of aryl methyl sites for hydroxylation is 1. The van der Waals surface area contributed by atoms with Crippen molar-refractivity contribution < 1.29 is 22.7 Å². The van der Waals surface area contributed by atoms with Gasteiger partial charge in [-0.2, -0.15) is 0 Å². The summed E-state index contributed by atoms with van der Waals surface area (Å²) < 4.78 is 32.0. The Balaban J connectivity index is 2.04. The molecule has 0 aliphatic heterocycles. The molecule has 0 spiro atoms. The van der Waals surface area contributed by atoms with Crippen molar-refractivity contribution in [1.29, 1.82) is 0 Å². The second-order valence-electron chi connectivity index (χ2n) is 8.75. The van der Waals surface area contributed by atoms with Crippen LogP contribution in [0.5, 0.6) is 5.75 Å². The first-order valence-corrected chi connectivity index (χ1v) is 13.7. The predicted octanol–water partition coefficient (Wildman–Crippen LogP) is 3.16. The van der Waals surface area contributed by atoms with Crippen LogP contribution in [-0.2, 0) is 32.6 Å². The molecule has 0 heterocycles. The van der Waals surface area contributed by atoms with Crippen LogP contribution in [0.2, 0.25) is 0 Å². The number of para-hydroxylation sites is 1. The van der Waals surface area contributed by atoms with E-state index in [1.165, 1.54) is 11.9 Å². The van der Waals surface area contributed by atoms with Crippen LogP contribution in [-0.4, -0.2) is 58.1 Å². The Morgan fingerprint density at radius 1 is 0.946 bits per heavy atom. The molecule has 1 N–H and O–H groups in total. The van der Waals surface area contributed by atoms with Crippen molar-refractivity contribution >= 4 is 27.5 Å². The summed E-state index contributed by atoms with van der Waals surface area (Å²) in [5.74, 6) is -0.231. The number of likely N-dealkylation sites (N-methyl/N-ethyl adjacent to an activating group) is 1. The van der Waals surface area contributed by atoms with Crippen LogP contribution in [0.15, 0.2) is 78.9 Å². The van der Waals surface area contributed by atoms with E-state index in [4.69, 9.17) is 4.74 Å². The number of sulfonamides is 1. The molecular weight excluding hydrogens is 490 g/mol. The molecule has 3 rings (SSSR count). The maximum atomic E-state index is 13.9. The minimum Gasteiger partial charge on any atom is -0.497 e. The number of nitrogens with one attached hydrogen (secondary N) is 1. The number of ether oxygens (including phenoxy) is 1. The lowest BCUT2D eigenvalue weighted by molar-refractivity contribution is -0.139. The second kappa shape index (κ2) is 12.4. The summed E-state index contributed by atoms with van der Waals surface area (Å²) in [6, 6.07) is 22.7. The summed E-state index contributed by atoms with van der Waals surface area (Å²) in [6.45, 7) is 1.43. The first-order valence-electron chi connectivity index (χ1n) is 11.8. The highest BCUT2D eigenvalue weighted by Crippen LogP contribution is 2.24. The van der Waals surface area contributed by atoms with Gasteiger partial charge in [-0.3, -0.25) is 13.9 Å². The van der Waals surface area contributed by atoms with Gasteiger partial charge in [0.1, 0.15) is 18.3 Å². The van der Waals surface area contributed by atoms with Crippen LogP contribution in [0.25, 0.3) is 0 Å². The topological polar surface area (TPSA) is 96.0 Å². The molecule has 9 heteroatoms. The van der Waals surface area contributed by atoms with Crippen molar-refractivity contribution in [3.8, 4) is 5.75 Å². The number of anilines is 1. The van der Waals surface area contributed by atoms with Crippen LogP contribution in [0.3, 0.4) is 0 Å². The van der Waals surface area contributed by atoms with Gasteiger partial charge in [0.2, 0.25) is 21.8 Å². The molecule has 1 atom stereocenters.